The molecule has 0 radical (unpaired) electrons. The maximum atomic E-state index is 15.1. The lowest BCUT2D eigenvalue weighted by Crippen LogP contribution is -2.36. The number of methoxy groups -OCH3 is 1. The number of aryl methyl sites for hydroxylation is 1. The minimum Gasteiger partial charge on any atom is -0.493 e. The Kier molecular flexibility index (Phi) is 9.29. The minimum absolute atomic E-state index is 0.156. The monoisotopic (exact) mass is 580 g/mol. The molecule has 222 valence electrons. The summed E-state index contributed by atoms with van der Waals surface area (Å²) in [6, 6.07) is 8.92. The SMILES string of the molecule is CCc1ccncc1Nc1cc(F)c(Oc2ccnc3cc(OCCN(C)C(=O)OC(C)(C)C)c(OC)cc23)c(F)c1. The number of fused-ring (bicyclic) bond motifs is 1. The van der Waals surface area contributed by atoms with E-state index in [1.807, 2.05) is 13.0 Å². The first-order valence-electron chi connectivity index (χ1n) is 13.4. The number of anilines is 2. The molecule has 0 unspecified atom stereocenters. The molecule has 2 aromatic heterocycles. The van der Waals surface area contributed by atoms with Gasteiger partial charge < -0.3 is 29.2 Å². The molecule has 11 heteroatoms. The zero-order valence-corrected chi connectivity index (χ0v) is 24.5. The van der Waals surface area contributed by atoms with Crippen LogP contribution in [0.5, 0.6) is 23.0 Å². The molecule has 0 bridgehead atoms. The average Bonchev–Trinajstić information content (AvgIpc) is 2.94. The largest absolute Gasteiger partial charge is 0.493 e. The van der Waals surface area contributed by atoms with Gasteiger partial charge in [-0.05, 0) is 51.0 Å². The highest BCUT2D eigenvalue weighted by Crippen LogP contribution is 2.39. The van der Waals surface area contributed by atoms with Crippen LogP contribution in [0.4, 0.5) is 25.0 Å². The molecule has 0 fully saturated rings. The summed E-state index contributed by atoms with van der Waals surface area (Å²) in [6.07, 6.45) is 4.99. The quantitative estimate of drug-likeness (QED) is 0.209. The lowest BCUT2D eigenvalue weighted by molar-refractivity contribution is 0.0278. The highest BCUT2D eigenvalue weighted by atomic mass is 19.1. The molecule has 2 heterocycles. The lowest BCUT2D eigenvalue weighted by atomic mass is 10.1. The summed E-state index contributed by atoms with van der Waals surface area (Å²) in [4.78, 5) is 22.0. The Bertz CT molecular complexity index is 1550. The molecule has 1 N–H and O–H groups in total. The molecule has 4 aromatic rings. The van der Waals surface area contributed by atoms with Crippen molar-refractivity contribution < 1.29 is 32.5 Å². The summed E-state index contributed by atoms with van der Waals surface area (Å²) in [5, 5.41) is 3.47. The normalized spacial score (nSPS) is 11.2. The molecular weight excluding hydrogens is 546 g/mol. The van der Waals surface area contributed by atoms with Crippen LogP contribution in [0.2, 0.25) is 0 Å². The van der Waals surface area contributed by atoms with Gasteiger partial charge in [0.25, 0.3) is 0 Å². The van der Waals surface area contributed by atoms with Crippen LogP contribution < -0.4 is 19.5 Å². The number of ether oxygens (including phenoxy) is 4. The molecular formula is C31H34F2N4O5. The molecule has 1 amide bonds. The first-order chi connectivity index (χ1) is 20.0. The van der Waals surface area contributed by atoms with Crippen molar-refractivity contribution in [2.24, 2.45) is 0 Å². The Morgan fingerprint density at radius 2 is 1.76 bits per heavy atom. The molecule has 0 saturated carbocycles. The molecule has 0 aliphatic carbocycles. The third kappa shape index (κ3) is 7.34. The van der Waals surface area contributed by atoms with E-state index in [0.29, 0.717) is 28.1 Å². The third-order valence-corrected chi connectivity index (χ3v) is 6.16. The number of aromatic nitrogens is 2. The predicted molar refractivity (Wildman–Crippen MR) is 156 cm³/mol. The van der Waals surface area contributed by atoms with Crippen LogP contribution in [0.1, 0.15) is 33.3 Å². The Morgan fingerprint density at radius 3 is 2.43 bits per heavy atom. The Hall–Kier alpha value is -4.67. The van der Waals surface area contributed by atoms with Crippen molar-refractivity contribution in [2.75, 3.05) is 32.6 Å². The maximum absolute atomic E-state index is 15.1. The van der Waals surface area contributed by atoms with Crippen molar-refractivity contribution >= 4 is 28.4 Å². The zero-order chi connectivity index (χ0) is 30.4. The number of likely N-dealkylation sites (N-methyl/N-ethyl adjacent to an activating group) is 1. The van der Waals surface area contributed by atoms with E-state index in [2.05, 4.69) is 15.3 Å². The molecule has 2 aromatic carbocycles. The molecule has 9 nitrogen and oxygen atoms in total. The van der Waals surface area contributed by atoms with Crippen LogP contribution in [-0.4, -0.2) is 53.9 Å². The van der Waals surface area contributed by atoms with Crippen LogP contribution in [0, 0.1) is 11.6 Å². The summed E-state index contributed by atoms with van der Waals surface area (Å²) >= 11 is 0. The fourth-order valence-electron chi connectivity index (χ4n) is 4.05. The van der Waals surface area contributed by atoms with Crippen molar-refractivity contribution in [1.29, 1.82) is 0 Å². The number of halogens is 2. The number of nitrogens with one attached hydrogen (secondary N) is 1. The predicted octanol–water partition coefficient (Wildman–Crippen LogP) is 7.26. The van der Waals surface area contributed by atoms with Crippen LogP contribution in [0.25, 0.3) is 10.9 Å². The Balaban J connectivity index is 1.53. The van der Waals surface area contributed by atoms with E-state index in [4.69, 9.17) is 18.9 Å². The van der Waals surface area contributed by atoms with Gasteiger partial charge in [-0.3, -0.25) is 9.97 Å². The topological polar surface area (TPSA) is 95.0 Å². The number of benzene rings is 2. The summed E-state index contributed by atoms with van der Waals surface area (Å²) in [7, 11) is 3.08. The molecule has 0 aliphatic rings. The van der Waals surface area contributed by atoms with Crippen molar-refractivity contribution in [3.63, 3.8) is 0 Å². The summed E-state index contributed by atoms with van der Waals surface area (Å²) in [5.74, 6) is -1.42. The van der Waals surface area contributed by atoms with E-state index in [-0.39, 0.29) is 24.6 Å². The van der Waals surface area contributed by atoms with Gasteiger partial charge in [-0.15, -0.1) is 0 Å². The average molecular weight is 581 g/mol. The molecule has 0 aliphatic heterocycles. The van der Waals surface area contributed by atoms with E-state index in [1.165, 1.54) is 24.3 Å². The zero-order valence-electron chi connectivity index (χ0n) is 24.5. The van der Waals surface area contributed by atoms with Crippen LogP contribution in [0.15, 0.2) is 55.0 Å². The maximum Gasteiger partial charge on any atom is 0.410 e. The number of carbonyl (C=O) groups excluding carboxylic acids is 1. The van der Waals surface area contributed by atoms with Crippen molar-refractivity contribution in [3.05, 3.63) is 72.2 Å². The van der Waals surface area contributed by atoms with Gasteiger partial charge in [0.1, 0.15) is 18.0 Å². The number of carbonyl (C=O) groups is 1. The standard InChI is InChI=1S/C31H34F2N4O5/c1-7-19-8-10-34-18-25(19)36-20-14-22(32)29(23(33)15-20)41-26-9-11-35-24-17-28(27(39-6)16-21(24)26)40-13-12-37(5)30(38)42-31(2,3)4/h8-11,14-18,36H,7,12-13H2,1-6H3. The highest BCUT2D eigenvalue weighted by Gasteiger charge is 2.21. The Labute approximate surface area is 243 Å². The number of hydrogen-bond acceptors (Lipinski definition) is 8. The van der Waals surface area contributed by atoms with Crippen LogP contribution in [0.3, 0.4) is 0 Å². The second-order valence-corrected chi connectivity index (χ2v) is 10.5. The second-order valence-electron chi connectivity index (χ2n) is 10.5. The summed E-state index contributed by atoms with van der Waals surface area (Å²) < 4.78 is 52.7. The molecule has 42 heavy (non-hydrogen) atoms. The third-order valence-electron chi connectivity index (χ3n) is 6.16. The number of amides is 1. The van der Waals surface area contributed by atoms with Gasteiger partial charge in [0.15, 0.2) is 28.9 Å². The lowest BCUT2D eigenvalue weighted by Gasteiger charge is -2.24. The fraction of sp³-hybridized carbons (Fsp3) is 0.323. The van der Waals surface area contributed by atoms with Gasteiger partial charge >= 0.3 is 6.09 Å². The van der Waals surface area contributed by atoms with E-state index in [9.17, 15) is 4.79 Å². The van der Waals surface area contributed by atoms with Gasteiger partial charge in [-0.1, -0.05) is 6.92 Å². The van der Waals surface area contributed by atoms with Crippen molar-refractivity contribution in [2.45, 2.75) is 39.7 Å². The minimum atomic E-state index is -0.884. The molecule has 0 saturated heterocycles. The van der Waals surface area contributed by atoms with Gasteiger partial charge in [-0.25, -0.2) is 13.6 Å². The first-order valence-corrected chi connectivity index (χ1v) is 13.4. The van der Waals surface area contributed by atoms with E-state index in [1.54, 1.807) is 52.3 Å². The van der Waals surface area contributed by atoms with Crippen molar-refractivity contribution in [1.82, 2.24) is 14.9 Å². The van der Waals surface area contributed by atoms with Gasteiger partial charge in [0.05, 0.1) is 31.1 Å². The fourth-order valence-corrected chi connectivity index (χ4v) is 4.05. The van der Waals surface area contributed by atoms with E-state index in [0.717, 1.165) is 24.1 Å². The molecule has 0 spiro atoms. The van der Waals surface area contributed by atoms with Crippen molar-refractivity contribution in [3.8, 4) is 23.0 Å². The molecule has 4 rings (SSSR count). The summed E-state index contributed by atoms with van der Waals surface area (Å²) in [5.41, 5.74) is 1.69. The Morgan fingerprint density at radius 1 is 1.02 bits per heavy atom. The number of rotatable bonds is 10. The smallest absolute Gasteiger partial charge is 0.410 e. The first kappa shape index (κ1) is 30.3. The van der Waals surface area contributed by atoms with Gasteiger partial charge in [-0.2, -0.15) is 0 Å². The number of nitrogens with zero attached hydrogens (tertiary/aromatic N) is 3. The number of hydrogen-bond donors (Lipinski definition) is 1. The van der Waals surface area contributed by atoms with Gasteiger partial charge in [0.2, 0.25) is 0 Å². The summed E-state index contributed by atoms with van der Waals surface area (Å²) in [6.45, 7) is 7.77. The highest BCUT2D eigenvalue weighted by molar-refractivity contribution is 5.88. The van der Waals surface area contributed by atoms with Gasteiger partial charge in [0, 0.05) is 48.7 Å². The van der Waals surface area contributed by atoms with Crippen LogP contribution in [-0.2, 0) is 11.2 Å². The molecule has 0 atom stereocenters. The van der Waals surface area contributed by atoms with E-state index < -0.39 is 29.1 Å². The second kappa shape index (κ2) is 12.9. The number of pyridine rings is 2. The van der Waals surface area contributed by atoms with Crippen LogP contribution >= 0.6 is 0 Å². The van der Waals surface area contributed by atoms with E-state index >= 15 is 8.78 Å².